The van der Waals surface area contributed by atoms with Crippen LogP contribution in [0.15, 0.2) is 29.3 Å². The Hall–Kier alpha value is -1.55. The van der Waals surface area contributed by atoms with Crippen LogP contribution < -0.4 is 5.32 Å². The van der Waals surface area contributed by atoms with Crippen molar-refractivity contribution in [2.75, 3.05) is 40.3 Å². The molecule has 1 fully saturated rings. The molecule has 2 aliphatic rings. The van der Waals surface area contributed by atoms with Crippen LogP contribution in [0.5, 0.6) is 0 Å². The van der Waals surface area contributed by atoms with Gasteiger partial charge in [0.1, 0.15) is 0 Å². The van der Waals surface area contributed by atoms with Crippen molar-refractivity contribution in [1.82, 2.24) is 15.1 Å². The average Bonchev–Trinajstić information content (AvgIpc) is 2.93. The number of guanidine groups is 1. The van der Waals surface area contributed by atoms with Crippen LogP contribution in [0.3, 0.4) is 0 Å². The van der Waals surface area contributed by atoms with Gasteiger partial charge < -0.3 is 15.1 Å². The lowest BCUT2D eigenvalue weighted by Gasteiger charge is -2.32. The van der Waals surface area contributed by atoms with Crippen LogP contribution >= 0.6 is 0 Å². The molecular formula is C17H26N4. The third-order valence-electron chi connectivity index (χ3n) is 4.68. The maximum absolute atomic E-state index is 4.48. The number of nitrogens with one attached hydrogen (secondary N) is 1. The van der Waals surface area contributed by atoms with Gasteiger partial charge in [0.05, 0.1) is 0 Å². The molecule has 0 aromatic heterocycles. The zero-order valence-electron chi connectivity index (χ0n) is 13.2. The second-order valence-corrected chi connectivity index (χ2v) is 6.29. The summed E-state index contributed by atoms with van der Waals surface area (Å²) < 4.78 is 0. The number of fused-ring (bicyclic) bond motifs is 1. The van der Waals surface area contributed by atoms with Gasteiger partial charge in [-0.1, -0.05) is 24.3 Å². The Labute approximate surface area is 127 Å². The minimum atomic E-state index is 0.754. The molecule has 1 unspecified atom stereocenters. The Morgan fingerprint density at radius 3 is 2.81 bits per heavy atom. The summed E-state index contributed by atoms with van der Waals surface area (Å²) in [4.78, 5) is 9.27. The maximum Gasteiger partial charge on any atom is 0.193 e. The molecule has 0 bridgehead atoms. The van der Waals surface area contributed by atoms with Gasteiger partial charge in [0.25, 0.3) is 0 Å². The van der Waals surface area contributed by atoms with Crippen LogP contribution in [-0.2, 0) is 13.0 Å². The van der Waals surface area contributed by atoms with Crippen molar-refractivity contribution >= 4 is 5.96 Å². The van der Waals surface area contributed by atoms with Gasteiger partial charge in [-0.2, -0.15) is 0 Å². The second kappa shape index (κ2) is 6.48. The lowest BCUT2D eigenvalue weighted by Crippen LogP contribution is -2.45. The highest BCUT2D eigenvalue weighted by Crippen LogP contribution is 2.19. The van der Waals surface area contributed by atoms with Gasteiger partial charge in [0, 0.05) is 33.2 Å². The van der Waals surface area contributed by atoms with E-state index in [9.17, 15) is 0 Å². The van der Waals surface area contributed by atoms with E-state index in [1.165, 1.54) is 30.6 Å². The van der Waals surface area contributed by atoms with Crippen LogP contribution in [-0.4, -0.2) is 56.0 Å². The Morgan fingerprint density at radius 1 is 1.29 bits per heavy atom. The van der Waals surface area contributed by atoms with E-state index in [-0.39, 0.29) is 0 Å². The first kappa shape index (κ1) is 14.4. The lowest BCUT2D eigenvalue weighted by molar-refractivity contribution is 0.367. The molecule has 1 atom stereocenters. The van der Waals surface area contributed by atoms with Crippen molar-refractivity contribution < 1.29 is 0 Å². The topological polar surface area (TPSA) is 30.9 Å². The predicted octanol–water partition coefficient (Wildman–Crippen LogP) is 1.57. The van der Waals surface area contributed by atoms with Crippen LogP contribution in [0.4, 0.5) is 0 Å². The summed E-state index contributed by atoms with van der Waals surface area (Å²) in [5, 5.41) is 3.58. The lowest BCUT2D eigenvalue weighted by atomic mass is 10.0. The summed E-state index contributed by atoms with van der Waals surface area (Å²) in [5.74, 6) is 1.81. The fraction of sp³-hybridized carbons (Fsp3) is 0.588. The quantitative estimate of drug-likeness (QED) is 0.661. The summed E-state index contributed by atoms with van der Waals surface area (Å²) in [7, 11) is 4.10. The van der Waals surface area contributed by atoms with E-state index in [2.05, 4.69) is 51.4 Å². The molecule has 2 aliphatic heterocycles. The monoisotopic (exact) mass is 286 g/mol. The molecule has 4 heteroatoms. The molecule has 114 valence electrons. The highest BCUT2D eigenvalue weighted by Gasteiger charge is 2.22. The molecule has 1 saturated heterocycles. The van der Waals surface area contributed by atoms with E-state index in [1.807, 2.05) is 7.05 Å². The van der Waals surface area contributed by atoms with Crippen molar-refractivity contribution in [2.45, 2.75) is 19.4 Å². The normalized spacial score (nSPS) is 23.2. The minimum Gasteiger partial charge on any atom is -0.356 e. The first-order valence-electron chi connectivity index (χ1n) is 7.97. The highest BCUT2D eigenvalue weighted by molar-refractivity contribution is 5.80. The van der Waals surface area contributed by atoms with Crippen molar-refractivity contribution in [1.29, 1.82) is 0 Å². The third-order valence-corrected chi connectivity index (χ3v) is 4.68. The Bertz CT molecular complexity index is 511. The van der Waals surface area contributed by atoms with E-state index in [0.717, 1.165) is 37.9 Å². The predicted molar refractivity (Wildman–Crippen MR) is 87.5 cm³/mol. The molecule has 1 N–H and O–H groups in total. The molecule has 0 amide bonds. The van der Waals surface area contributed by atoms with Crippen LogP contribution in [0.1, 0.15) is 17.5 Å². The van der Waals surface area contributed by atoms with Crippen molar-refractivity contribution in [2.24, 2.45) is 10.9 Å². The van der Waals surface area contributed by atoms with E-state index in [1.54, 1.807) is 0 Å². The number of rotatable bonds is 2. The fourth-order valence-electron chi connectivity index (χ4n) is 3.44. The summed E-state index contributed by atoms with van der Waals surface area (Å²) >= 11 is 0. The molecule has 21 heavy (non-hydrogen) atoms. The molecular weight excluding hydrogens is 260 g/mol. The first-order valence-corrected chi connectivity index (χ1v) is 7.97. The molecule has 0 spiro atoms. The summed E-state index contributed by atoms with van der Waals surface area (Å²) in [6.45, 7) is 5.49. The Balaban J connectivity index is 1.57. The van der Waals surface area contributed by atoms with Crippen molar-refractivity contribution in [3.05, 3.63) is 35.4 Å². The van der Waals surface area contributed by atoms with E-state index < -0.39 is 0 Å². The van der Waals surface area contributed by atoms with E-state index in [0.29, 0.717) is 0 Å². The van der Waals surface area contributed by atoms with Crippen molar-refractivity contribution in [3.63, 3.8) is 0 Å². The number of aliphatic imine (C=N–C) groups is 1. The first-order chi connectivity index (χ1) is 10.3. The number of nitrogens with zero attached hydrogens (tertiary/aromatic N) is 3. The van der Waals surface area contributed by atoms with Gasteiger partial charge in [0.15, 0.2) is 5.96 Å². The number of benzene rings is 1. The average molecular weight is 286 g/mol. The van der Waals surface area contributed by atoms with E-state index >= 15 is 0 Å². The van der Waals surface area contributed by atoms with Gasteiger partial charge in [-0.25, -0.2) is 0 Å². The molecule has 1 aromatic rings. The molecule has 0 saturated carbocycles. The fourth-order valence-corrected chi connectivity index (χ4v) is 3.44. The molecule has 0 radical (unpaired) electrons. The SMILES string of the molecule is CN=C(NCC1CCN(C)C1)N1CCc2ccccc2C1. The molecule has 3 rings (SSSR count). The zero-order chi connectivity index (χ0) is 14.7. The summed E-state index contributed by atoms with van der Waals surface area (Å²) in [6, 6.07) is 8.75. The molecule has 4 nitrogen and oxygen atoms in total. The van der Waals surface area contributed by atoms with Gasteiger partial charge in [0.2, 0.25) is 0 Å². The van der Waals surface area contributed by atoms with Gasteiger partial charge in [-0.3, -0.25) is 4.99 Å². The molecule has 2 heterocycles. The Kier molecular flexibility index (Phi) is 4.44. The highest BCUT2D eigenvalue weighted by atomic mass is 15.3. The summed E-state index contributed by atoms with van der Waals surface area (Å²) in [6.07, 6.45) is 2.41. The van der Waals surface area contributed by atoms with E-state index in [4.69, 9.17) is 0 Å². The van der Waals surface area contributed by atoms with Crippen LogP contribution in [0.2, 0.25) is 0 Å². The van der Waals surface area contributed by atoms with Gasteiger partial charge in [-0.15, -0.1) is 0 Å². The standard InChI is InChI=1S/C17H26N4/c1-18-17(19-11-14-7-9-20(2)12-14)21-10-8-15-5-3-4-6-16(15)13-21/h3-6,14H,7-13H2,1-2H3,(H,18,19). The van der Waals surface area contributed by atoms with Crippen molar-refractivity contribution in [3.8, 4) is 0 Å². The maximum atomic E-state index is 4.48. The number of likely N-dealkylation sites (tertiary alicyclic amines) is 1. The number of hydrogen-bond acceptors (Lipinski definition) is 2. The van der Waals surface area contributed by atoms with Gasteiger partial charge in [-0.05, 0) is 43.5 Å². The largest absolute Gasteiger partial charge is 0.356 e. The minimum absolute atomic E-state index is 0.754. The summed E-state index contributed by atoms with van der Waals surface area (Å²) in [5.41, 5.74) is 2.92. The third kappa shape index (κ3) is 3.38. The smallest absolute Gasteiger partial charge is 0.193 e. The number of hydrogen-bond donors (Lipinski definition) is 1. The van der Waals surface area contributed by atoms with Crippen LogP contribution in [0.25, 0.3) is 0 Å². The van der Waals surface area contributed by atoms with Crippen LogP contribution in [0, 0.1) is 5.92 Å². The Morgan fingerprint density at radius 2 is 2.10 bits per heavy atom. The second-order valence-electron chi connectivity index (χ2n) is 6.29. The van der Waals surface area contributed by atoms with Gasteiger partial charge >= 0.3 is 0 Å². The molecule has 1 aromatic carbocycles. The molecule has 0 aliphatic carbocycles. The zero-order valence-corrected chi connectivity index (χ0v) is 13.2.